The summed E-state index contributed by atoms with van der Waals surface area (Å²) in [4.78, 5) is 31.2. The van der Waals surface area contributed by atoms with E-state index in [0.29, 0.717) is 44.2 Å². The van der Waals surface area contributed by atoms with Crippen molar-refractivity contribution in [3.63, 3.8) is 0 Å². The van der Waals surface area contributed by atoms with Crippen LogP contribution in [0.3, 0.4) is 0 Å². The first-order valence-electron chi connectivity index (χ1n) is 12.5. The number of nitrogens with one attached hydrogen (secondary N) is 1. The average Bonchev–Trinajstić information content (AvgIpc) is 3.43. The van der Waals surface area contributed by atoms with E-state index >= 15 is 0 Å². The number of rotatable bonds is 13. The number of ether oxygens (including phenoxy) is 3. The summed E-state index contributed by atoms with van der Waals surface area (Å²) in [6.45, 7) is 5.48. The van der Waals surface area contributed by atoms with Crippen LogP contribution < -0.4 is 14.8 Å². The van der Waals surface area contributed by atoms with Crippen molar-refractivity contribution in [2.24, 2.45) is 0 Å². The highest BCUT2D eigenvalue weighted by Crippen LogP contribution is 2.28. The quantitative estimate of drug-likeness (QED) is 0.326. The fraction of sp³-hybridized carbons (Fsp3) is 0.379. The number of hydrogen-bond donors (Lipinski definition) is 1. The lowest BCUT2D eigenvalue weighted by atomic mass is 10.1. The molecular formula is C29H37N3O5S. The molecule has 0 unspecified atom stereocenters. The van der Waals surface area contributed by atoms with E-state index in [-0.39, 0.29) is 18.5 Å². The second-order valence-corrected chi connectivity index (χ2v) is 10.0. The summed E-state index contributed by atoms with van der Waals surface area (Å²) in [5, 5.41) is 4.95. The van der Waals surface area contributed by atoms with Crippen molar-refractivity contribution in [1.82, 2.24) is 9.80 Å². The molecule has 38 heavy (non-hydrogen) atoms. The number of urea groups is 1. The number of nitrogens with zero attached hydrogens (tertiary/aromatic N) is 2. The van der Waals surface area contributed by atoms with Crippen molar-refractivity contribution in [2.75, 3.05) is 52.9 Å². The first-order chi connectivity index (χ1) is 18.3. The van der Waals surface area contributed by atoms with Crippen LogP contribution in [0.1, 0.15) is 21.6 Å². The first-order valence-corrected chi connectivity index (χ1v) is 13.4. The zero-order chi connectivity index (χ0) is 27.5. The van der Waals surface area contributed by atoms with E-state index in [9.17, 15) is 9.59 Å². The zero-order valence-electron chi connectivity index (χ0n) is 22.8. The molecule has 1 aromatic heterocycles. The van der Waals surface area contributed by atoms with Crippen molar-refractivity contribution < 1.29 is 23.8 Å². The van der Waals surface area contributed by atoms with Gasteiger partial charge in [0.05, 0.1) is 27.4 Å². The van der Waals surface area contributed by atoms with Gasteiger partial charge in [0.25, 0.3) is 0 Å². The molecule has 8 nitrogen and oxygen atoms in total. The van der Waals surface area contributed by atoms with Gasteiger partial charge in [-0.3, -0.25) is 4.79 Å². The van der Waals surface area contributed by atoms with Gasteiger partial charge in [-0.25, -0.2) is 4.79 Å². The highest BCUT2D eigenvalue weighted by Gasteiger charge is 2.22. The molecule has 0 spiro atoms. The van der Waals surface area contributed by atoms with Crippen molar-refractivity contribution in [1.29, 1.82) is 0 Å². The van der Waals surface area contributed by atoms with E-state index in [0.717, 1.165) is 27.3 Å². The molecule has 3 amide bonds. The summed E-state index contributed by atoms with van der Waals surface area (Å²) < 4.78 is 16.0. The molecule has 204 valence electrons. The standard InChI is InChI=1S/C29H37N3O5S/c1-21-8-10-25(22(2)17-21)30-29(34)32(14-15-35-3)20-28(33)31(19-24-7-6-16-38-24)13-12-23-9-11-26(36-4)27(18-23)37-5/h6-11,16-18H,12-15,19-20H2,1-5H3,(H,30,34). The lowest BCUT2D eigenvalue weighted by molar-refractivity contribution is -0.132. The number of anilines is 1. The van der Waals surface area contributed by atoms with Gasteiger partial charge in [-0.2, -0.15) is 0 Å². The number of amides is 3. The Morgan fingerprint density at radius 3 is 2.37 bits per heavy atom. The largest absolute Gasteiger partial charge is 0.493 e. The van der Waals surface area contributed by atoms with E-state index < -0.39 is 0 Å². The van der Waals surface area contributed by atoms with Crippen molar-refractivity contribution in [3.8, 4) is 11.5 Å². The van der Waals surface area contributed by atoms with Gasteiger partial charge < -0.3 is 29.3 Å². The van der Waals surface area contributed by atoms with Gasteiger partial charge in [0.2, 0.25) is 5.91 Å². The molecule has 3 rings (SSSR count). The Bertz CT molecular complexity index is 1200. The second kappa shape index (κ2) is 14.4. The average molecular weight is 540 g/mol. The third-order valence-corrected chi connectivity index (χ3v) is 7.06. The Morgan fingerprint density at radius 1 is 0.921 bits per heavy atom. The van der Waals surface area contributed by atoms with Crippen LogP contribution in [0.15, 0.2) is 53.9 Å². The third-order valence-electron chi connectivity index (χ3n) is 6.20. The minimum absolute atomic E-state index is 0.0581. The molecule has 0 atom stereocenters. The molecule has 0 aliphatic carbocycles. The van der Waals surface area contributed by atoms with Gasteiger partial charge in [-0.05, 0) is 61.0 Å². The molecule has 0 saturated heterocycles. The Morgan fingerprint density at radius 2 is 1.71 bits per heavy atom. The molecule has 3 aromatic rings. The summed E-state index contributed by atoms with van der Waals surface area (Å²) in [6, 6.07) is 15.2. The minimum atomic E-state index is -0.335. The van der Waals surface area contributed by atoms with E-state index in [4.69, 9.17) is 14.2 Å². The van der Waals surface area contributed by atoms with Crippen LogP contribution >= 0.6 is 11.3 Å². The third kappa shape index (κ3) is 8.22. The van der Waals surface area contributed by atoms with Gasteiger partial charge in [0.1, 0.15) is 6.54 Å². The Kier molecular flexibility index (Phi) is 11.0. The van der Waals surface area contributed by atoms with E-state index in [2.05, 4.69) is 5.32 Å². The molecule has 0 radical (unpaired) electrons. The molecule has 9 heteroatoms. The highest BCUT2D eigenvalue weighted by atomic mass is 32.1. The normalized spacial score (nSPS) is 10.7. The Hall–Kier alpha value is -3.56. The second-order valence-electron chi connectivity index (χ2n) is 9.00. The number of methoxy groups -OCH3 is 3. The summed E-state index contributed by atoms with van der Waals surface area (Å²) >= 11 is 1.60. The number of benzene rings is 2. The predicted molar refractivity (Wildman–Crippen MR) is 151 cm³/mol. The molecule has 0 saturated carbocycles. The fourth-order valence-electron chi connectivity index (χ4n) is 4.05. The van der Waals surface area contributed by atoms with E-state index in [1.807, 2.05) is 67.8 Å². The number of thiophene rings is 1. The van der Waals surface area contributed by atoms with Gasteiger partial charge in [0.15, 0.2) is 11.5 Å². The van der Waals surface area contributed by atoms with E-state index in [1.54, 1.807) is 37.6 Å². The maximum Gasteiger partial charge on any atom is 0.322 e. The van der Waals surface area contributed by atoms with Gasteiger partial charge in [-0.15, -0.1) is 11.3 Å². The number of carbonyl (C=O) groups is 2. The maximum absolute atomic E-state index is 13.6. The molecule has 0 bridgehead atoms. The van der Waals surface area contributed by atoms with Crippen molar-refractivity contribution >= 4 is 29.0 Å². The molecule has 1 N–H and O–H groups in total. The summed E-state index contributed by atoms with van der Waals surface area (Å²) in [7, 11) is 4.78. The van der Waals surface area contributed by atoms with Gasteiger partial charge >= 0.3 is 6.03 Å². The molecule has 1 heterocycles. The summed E-state index contributed by atoms with van der Waals surface area (Å²) in [5.74, 6) is 1.17. The highest BCUT2D eigenvalue weighted by molar-refractivity contribution is 7.09. The topological polar surface area (TPSA) is 80.3 Å². The summed E-state index contributed by atoms with van der Waals surface area (Å²) in [5.41, 5.74) is 3.83. The van der Waals surface area contributed by atoms with Gasteiger partial charge in [0, 0.05) is 30.8 Å². The van der Waals surface area contributed by atoms with Crippen LogP contribution in [0, 0.1) is 13.8 Å². The molecular weight excluding hydrogens is 502 g/mol. The molecule has 0 fully saturated rings. The maximum atomic E-state index is 13.6. The molecule has 0 aliphatic rings. The van der Waals surface area contributed by atoms with Crippen LogP contribution in [0.5, 0.6) is 11.5 Å². The smallest absolute Gasteiger partial charge is 0.322 e. The van der Waals surface area contributed by atoms with Gasteiger partial charge in [-0.1, -0.05) is 29.8 Å². The van der Waals surface area contributed by atoms with Crippen LogP contribution in [-0.4, -0.2) is 69.3 Å². The minimum Gasteiger partial charge on any atom is -0.493 e. The SMILES string of the molecule is COCCN(CC(=O)N(CCc1ccc(OC)c(OC)c1)Cc1cccs1)C(=O)Nc1ccc(C)cc1C. The molecule has 2 aromatic carbocycles. The van der Waals surface area contributed by atoms with Crippen molar-refractivity contribution in [3.05, 3.63) is 75.5 Å². The van der Waals surface area contributed by atoms with E-state index in [1.165, 1.54) is 4.90 Å². The van der Waals surface area contributed by atoms with Crippen LogP contribution in [0.2, 0.25) is 0 Å². The lowest BCUT2D eigenvalue weighted by Gasteiger charge is -2.28. The van der Waals surface area contributed by atoms with Crippen LogP contribution in [-0.2, 0) is 22.5 Å². The fourth-order valence-corrected chi connectivity index (χ4v) is 4.77. The van der Waals surface area contributed by atoms with Crippen molar-refractivity contribution in [2.45, 2.75) is 26.8 Å². The Labute approximate surface area is 229 Å². The monoisotopic (exact) mass is 539 g/mol. The predicted octanol–water partition coefficient (Wildman–Crippen LogP) is 5.13. The molecule has 0 aliphatic heterocycles. The zero-order valence-corrected chi connectivity index (χ0v) is 23.6. The van der Waals surface area contributed by atoms with Crippen LogP contribution in [0.4, 0.5) is 10.5 Å². The lowest BCUT2D eigenvalue weighted by Crippen LogP contribution is -2.46. The summed E-state index contributed by atoms with van der Waals surface area (Å²) in [6.07, 6.45) is 0.629. The number of carbonyl (C=O) groups excluding carboxylic acids is 2. The van der Waals surface area contributed by atoms with Crippen LogP contribution in [0.25, 0.3) is 0 Å². The number of hydrogen-bond acceptors (Lipinski definition) is 6. The Balaban J connectivity index is 1.74. The number of aryl methyl sites for hydroxylation is 2. The first kappa shape index (κ1) is 29.0.